The summed E-state index contributed by atoms with van der Waals surface area (Å²) in [6, 6.07) is 4.20. The SMILES string of the molecule is CCCCN(C)c1ccc([C@H](N)CC)nc1. The molecule has 1 aromatic rings. The molecule has 3 nitrogen and oxygen atoms in total. The molecule has 1 atom stereocenters. The summed E-state index contributed by atoms with van der Waals surface area (Å²) in [5.41, 5.74) is 8.07. The van der Waals surface area contributed by atoms with E-state index in [-0.39, 0.29) is 6.04 Å². The maximum absolute atomic E-state index is 5.92. The first-order valence-corrected chi connectivity index (χ1v) is 6.11. The van der Waals surface area contributed by atoms with Crippen LogP contribution in [0.5, 0.6) is 0 Å². The second-order valence-corrected chi connectivity index (χ2v) is 4.23. The summed E-state index contributed by atoms with van der Waals surface area (Å²) in [5, 5.41) is 0. The fraction of sp³-hybridized carbons (Fsp3) is 0.615. The van der Waals surface area contributed by atoms with Crippen molar-refractivity contribution in [3.8, 4) is 0 Å². The molecule has 2 N–H and O–H groups in total. The quantitative estimate of drug-likeness (QED) is 0.803. The largest absolute Gasteiger partial charge is 0.373 e. The van der Waals surface area contributed by atoms with E-state index in [0.29, 0.717) is 0 Å². The van der Waals surface area contributed by atoms with E-state index >= 15 is 0 Å². The Kier molecular flexibility index (Phi) is 5.26. The molecule has 90 valence electrons. The van der Waals surface area contributed by atoms with Gasteiger partial charge in [-0.3, -0.25) is 4.98 Å². The minimum atomic E-state index is 0.0648. The number of unbranched alkanes of at least 4 members (excludes halogenated alkanes) is 1. The molecule has 1 rings (SSSR count). The van der Waals surface area contributed by atoms with Gasteiger partial charge in [0, 0.05) is 19.6 Å². The molecule has 0 spiro atoms. The van der Waals surface area contributed by atoms with E-state index in [2.05, 4.69) is 36.8 Å². The first-order valence-electron chi connectivity index (χ1n) is 6.11. The fourth-order valence-corrected chi connectivity index (χ4v) is 1.58. The van der Waals surface area contributed by atoms with Crippen LogP contribution in [0.3, 0.4) is 0 Å². The number of pyridine rings is 1. The third kappa shape index (κ3) is 3.49. The summed E-state index contributed by atoms with van der Waals surface area (Å²) < 4.78 is 0. The van der Waals surface area contributed by atoms with Crippen LogP contribution in [0.1, 0.15) is 44.8 Å². The highest BCUT2D eigenvalue weighted by Crippen LogP contribution is 2.16. The minimum absolute atomic E-state index is 0.0648. The third-order valence-electron chi connectivity index (χ3n) is 2.88. The van der Waals surface area contributed by atoms with Crippen LogP contribution in [0.4, 0.5) is 5.69 Å². The van der Waals surface area contributed by atoms with Gasteiger partial charge >= 0.3 is 0 Å². The van der Waals surface area contributed by atoms with Gasteiger partial charge in [-0.05, 0) is 25.0 Å². The van der Waals surface area contributed by atoms with Crippen LogP contribution in [0.25, 0.3) is 0 Å². The lowest BCUT2D eigenvalue weighted by Crippen LogP contribution is -2.19. The van der Waals surface area contributed by atoms with Gasteiger partial charge in [-0.2, -0.15) is 0 Å². The molecular weight excluding hydrogens is 198 g/mol. The topological polar surface area (TPSA) is 42.1 Å². The fourth-order valence-electron chi connectivity index (χ4n) is 1.58. The third-order valence-corrected chi connectivity index (χ3v) is 2.88. The summed E-state index contributed by atoms with van der Waals surface area (Å²) in [6.45, 7) is 5.36. The van der Waals surface area contributed by atoms with E-state index < -0.39 is 0 Å². The predicted molar refractivity (Wildman–Crippen MR) is 69.6 cm³/mol. The van der Waals surface area contributed by atoms with E-state index in [1.54, 1.807) is 0 Å². The molecule has 0 unspecified atom stereocenters. The van der Waals surface area contributed by atoms with Crippen molar-refractivity contribution in [2.24, 2.45) is 5.73 Å². The monoisotopic (exact) mass is 221 g/mol. The van der Waals surface area contributed by atoms with Crippen LogP contribution in [0, 0.1) is 0 Å². The first kappa shape index (κ1) is 13.0. The first-order chi connectivity index (χ1) is 7.69. The van der Waals surface area contributed by atoms with Gasteiger partial charge in [0.05, 0.1) is 17.6 Å². The lowest BCUT2D eigenvalue weighted by molar-refractivity contribution is 0.674. The van der Waals surface area contributed by atoms with Gasteiger partial charge in [0.1, 0.15) is 0 Å². The molecule has 0 aliphatic carbocycles. The van der Waals surface area contributed by atoms with Crippen molar-refractivity contribution in [2.45, 2.75) is 39.2 Å². The Hall–Kier alpha value is -1.09. The molecule has 0 saturated carbocycles. The Morgan fingerprint density at radius 2 is 2.12 bits per heavy atom. The molecule has 1 aromatic heterocycles. The van der Waals surface area contributed by atoms with Gasteiger partial charge in [0.25, 0.3) is 0 Å². The van der Waals surface area contributed by atoms with Crippen molar-refractivity contribution in [1.29, 1.82) is 0 Å². The van der Waals surface area contributed by atoms with Crippen LogP contribution in [0.15, 0.2) is 18.3 Å². The minimum Gasteiger partial charge on any atom is -0.373 e. The van der Waals surface area contributed by atoms with Crippen molar-refractivity contribution in [3.63, 3.8) is 0 Å². The number of anilines is 1. The Balaban J connectivity index is 2.63. The Morgan fingerprint density at radius 3 is 2.62 bits per heavy atom. The second kappa shape index (κ2) is 6.48. The summed E-state index contributed by atoms with van der Waals surface area (Å²) in [4.78, 5) is 6.65. The van der Waals surface area contributed by atoms with Gasteiger partial charge in [-0.1, -0.05) is 20.3 Å². The van der Waals surface area contributed by atoms with E-state index in [0.717, 1.165) is 18.7 Å². The van der Waals surface area contributed by atoms with Gasteiger partial charge in [-0.15, -0.1) is 0 Å². The van der Waals surface area contributed by atoms with Crippen molar-refractivity contribution >= 4 is 5.69 Å². The average Bonchev–Trinajstić information content (AvgIpc) is 2.35. The summed E-state index contributed by atoms with van der Waals surface area (Å²) in [5.74, 6) is 0. The zero-order chi connectivity index (χ0) is 12.0. The van der Waals surface area contributed by atoms with Crippen LogP contribution in [0.2, 0.25) is 0 Å². The molecule has 0 aliphatic heterocycles. The standard InChI is InChI=1S/C13H23N3/c1-4-6-9-16(3)11-7-8-13(15-10-11)12(14)5-2/h7-8,10,12H,4-6,9,14H2,1-3H3/t12-/m1/s1. The number of nitrogens with two attached hydrogens (primary N) is 1. The van der Waals surface area contributed by atoms with Crippen molar-refractivity contribution in [1.82, 2.24) is 4.98 Å². The lowest BCUT2D eigenvalue weighted by atomic mass is 10.1. The van der Waals surface area contributed by atoms with Gasteiger partial charge in [0.15, 0.2) is 0 Å². The van der Waals surface area contributed by atoms with Gasteiger partial charge < -0.3 is 10.6 Å². The maximum atomic E-state index is 5.92. The Morgan fingerprint density at radius 1 is 1.38 bits per heavy atom. The van der Waals surface area contributed by atoms with Crippen molar-refractivity contribution < 1.29 is 0 Å². The molecule has 0 radical (unpaired) electrons. The average molecular weight is 221 g/mol. The lowest BCUT2D eigenvalue weighted by Gasteiger charge is -2.19. The zero-order valence-corrected chi connectivity index (χ0v) is 10.6. The molecule has 16 heavy (non-hydrogen) atoms. The van der Waals surface area contributed by atoms with E-state index in [4.69, 9.17) is 5.73 Å². The molecule has 3 heteroatoms. The number of rotatable bonds is 6. The molecule has 0 aliphatic rings. The zero-order valence-electron chi connectivity index (χ0n) is 10.6. The summed E-state index contributed by atoms with van der Waals surface area (Å²) in [7, 11) is 2.10. The van der Waals surface area contributed by atoms with Gasteiger partial charge in [-0.25, -0.2) is 0 Å². The molecule has 0 aromatic carbocycles. The van der Waals surface area contributed by atoms with Gasteiger partial charge in [0.2, 0.25) is 0 Å². The number of hydrogen-bond donors (Lipinski definition) is 1. The molecule has 0 bridgehead atoms. The highest BCUT2D eigenvalue weighted by atomic mass is 15.1. The second-order valence-electron chi connectivity index (χ2n) is 4.23. The molecule has 0 fully saturated rings. The number of hydrogen-bond acceptors (Lipinski definition) is 3. The summed E-state index contributed by atoms with van der Waals surface area (Å²) in [6.07, 6.45) is 5.28. The number of nitrogens with zero attached hydrogens (tertiary/aromatic N) is 2. The normalized spacial score (nSPS) is 12.5. The van der Waals surface area contributed by atoms with Crippen LogP contribution < -0.4 is 10.6 Å². The smallest absolute Gasteiger partial charge is 0.0572 e. The summed E-state index contributed by atoms with van der Waals surface area (Å²) >= 11 is 0. The van der Waals surface area contributed by atoms with Crippen molar-refractivity contribution in [2.75, 3.05) is 18.5 Å². The molecule has 0 saturated heterocycles. The molecular formula is C13H23N3. The predicted octanol–water partition coefficient (Wildman–Crippen LogP) is 2.73. The van der Waals surface area contributed by atoms with Crippen LogP contribution >= 0.6 is 0 Å². The van der Waals surface area contributed by atoms with E-state index in [1.165, 1.54) is 18.5 Å². The number of aromatic nitrogens is 1. The Bertz CT molecular complexity index is 295. The van der Waals surface area contributed by atoms with E-state index in [1.807, 2.05) is 12.3 Å². The molecule has 1 heterocycles. The maximum Gasteiger partial charge on any atom is 0.0572 e. The van der Waals surface area contributed by atoms with Crippen molar-refractivity contribution in [3.05, 3.63) is 24.0 Å². The Labute approximate surface area is 98.7 Å². The van der Waals surface area contributed by atoms with Crippen LogP contribution in [-0.2, 0) is 0 Å². The highest BCUT2D eigenvalue weighted by molar-refractivity contribution is 5.43. The highest BCUT2D eigenvalue weighted by Gasteiger charge is 2.05. The van der Waals surface area contributed by atoms with E-state index in [9.17, 15) is 0 Å². The molecule has 0 amide bonds. The van der Waals surface area contributed by atoms with Crippen LogP contribution in [-0.4, -0.2) is 18.6 Å².